The molecule has 0 unspecified atom stereocenters. The summed E-state index contributed by atoms with van der Waals surface area (Å²) in [6.07, 6.45) is -5.23. The maximum absolute atomic E-state index is 14.1. The number of halogens is 4. The van der Waals surface area contributed by atoms with E-state index < -0.39 is 29.0 Å². The van der Waals surface area contributed by atoms with Crippen LogP contribution in [0.25, 0.3) is 0 Å². The zero-order valence-corrected chi connectivity index (χ0v) is 14.3. The van der Waals surface area contributed by atoms with Gasteiger partial charge in [0.05, 0.1) is 17.4 Å². The third kappa shape index (κ3) is 5.30. The van der Waals surface area contributed by atoms with Gasteiger partial charge in [0.25, 0.3) is 5.91 Å². The maximum Gasteiger partial charge on any atom is 0.418 e. The van der Waals surface area contributed by atoms with E-state index in [2.05, 4.69) is 5.32 Å². The van der Waals surface area contributed by atoms with Crippen molar-refractivity contribution in [2.45, 2.75) is 46.4 Å². The number of ether oxygens (including phenoxy) is 1. The number of carbonyl (C=O) groups is 1. The Hall–Kier alpha value is -2.38. The molecule has 4 nitrogen and oxygen atoms in total. The number of benzene rings is 1. The molecule has 25 heavy (non-hydrogen) atoms. The molecule has 1 rings (SSSR count). The number of allylic oxidation sites excluding steroid dienone is 1. The van der Waals surface area contributed by atoms with E-state index in [0.29, 0.717) is 11.3 Å². The monoisotopic (exact) mass is 360 g/mol. The SMILES string of the molecule is CC/C(C(=O)Nc1cc(OC(C)C)c(C)cc1F)=C(/C=N)C(F)(F)F. The number of nitrogens with one attached hydrogen (secondary N) is 2. The predicted molar refractivity (Wildman–Crippen MR) is 87.7 cm³/mol. The van der Waals surface area contributed by atoms with Crippen LogP contribution in [0.1, 0.15) is 32.8 Å². The summed E-state index contributed by atoms with van der Waals surface area (Å²) in [6, 6.07) is 2.36. The highest BCUT2D eigenvalue weighted by Gasteiger charge is 2.36. The summed E-state index contributed by atoms with van der Waals surface area (Å²) in [4.78, 5) is 12.2. The van der Waals surface area contributed by atoms with Gasteiger partial charge in [-0.05, 0) is 38.8 Å². The van der Waals surface area contributed by atoms with Gasteiger partial charge >= 0.3 is 6.18 Å². The summed E-state index contributed by atoms with van der Waals surface area (Å²) in [5.74, 6) is -1.59. The number of hydrogen-bond donors (Lipinski definition) is 2. The molecular weight excluding hydrogens is 340 g/mol. The summed E-state index contributed by atoms with van der Waals surface area (Å²) in [6.45, 7) is 6.49. The molecular formula is C17H20F4N2O2. The standard InChI is InChI=1S/C17H20F4N2O2/c1-5-11(12(8-22)17(19,20)21)16(24)23-14-7-15(25-9(2)3)10(4)6-13(14)18/h6-9,22H,5H2,1-4H3,(H,23,24)/b12-11+,22-8?. The van der Waals surface area contributed by atoms with E-state index in [1.807, 2.05) is 0 Å². The lowest BCUT2D eigenvalue weighted by Crippen LogP contribution is -2.23. The van der Waals surface area contributed by atoms with Gasteiger partial charge in [0.1, 0.15) is 11.6 Å². The fourth-order valence-corrected chi connectivity index (χ4v) is 2.14. The molecule has 0 aliphatic rings. The van der Waals surface area contributed by atoms with Crippen LogP contribution in [0.15, 0.2) is 23.3 Å². The highest BCUT2D eigenvalue weighted by molar-refractivity contribution is 6.07. The van der Waals surface area contributed by atoms with Gasteiger partial charge in [0.15, 0.2) is 0 Å². The largest absolute Gasteiger partial charge is 0.491 e. The van der Waals surface area contributed by atoms with Crippen LogP contribution in [0.4, 0.5) is 23.2 Å². The van der Waals surface area contributed by atoms with Crippen LogP contribution in [0.2, 0.25) is 0 Å². The molecule has 0 aliphatic carbocycles. The first-order chi connectivity index (χ1) is 11.5. The van der Waals surface area contributed by atoms with Crippen molar-refractivity contribution in [3.63, 3.8) is 0 Å². The number of anilines is 1. The van der Waals surface area contributed by atoms with Crippen LogP contribution in [0.5, 0.6) is 5.75 Å². The molecule has 0 heterocycles. The molecule has 0 saturated heterocycles. The van der Waals surface area contributed by atoms with Gasteiger partial charge in [-0.15, -0.1) is 0 Å². The predicted octanol–water partition coefficient (Wildman–Crippen LogP) is 4.78. The highest BCUT2D eigenvalue weighted by Crippen LogP contribution is 2.30. The van der Waals surface area contributed by atoms with E-state index in [0.717, 1.165) is 6.07 Å². The highest BCUT2D eigenvalue weighted by atomic mass is 19.4. The van der Waals surface area contributed by atoms with Gasteiger partial charge in [-0.1, -0.05) is 6.92 Å². The van der Waals surface area contributed by atoms with Gasteiger partial charge in [0.2, 0.25) is 0 Å². The van der Waals surface area contributed by atoms with Crippen LogP contribution >= 0.6 is 0 Å². The first kappa shape index (κ1) is 20.7. The molecule has 0 spiro atoms. The summed E-state index contributed by atoms with van der Waals surface area (Å²) in [5.41, 5.74) is -1.80. The van der Waals surface area contributed by atoms with Crippen molar-refractivity contribution in [3.8, 4) is 5.75 Å². The molecule has 0 bridgehead atoms. The topological polar surface area (TPSA) is 62.2 Å². The first-order valence-electron chi connectivity index (χ1n) is 7.60. The second-order valence-electron chi connectivity index (χ2n) is 5.61. The molecule has 138 valence electrons. The lowest BCUT2D eigenvalue weighted by molar-refractivity contribution is -0.114. The Morgan fingerprint density at radius 2 is 1.96 bits per heavy atom. The Morgan fingerprint density at radius 1 is 1.36 bits per heavy atom. The van der Waals surface area contributed by atoms with Crippen LogP contribution in [-0.2, 0) is 4.79 Å². The molecule has 0 radical (unpaired) electrons. The van der Waals surface area contributed by atoms with Crippen molar-refractivity contribution in [2.24, 2.45) is 0 Å². The molecule has 1 aromatic carbocycles. The van der Waals surface area contributed by atoms with Crippen LogP contribution in [0.3, 0.4) is 0 Å². The number of amides is 1. The summed E-state index contributed by atoms with van der Waals surface area (Å²) in [7, 11) is 0. The second kappa shape index (κ2) is 8.13. The Balaban J connectivity index is 3.26. The normalized spacial score (nSPS) is 12.7. The van der Waals surface area contributed by atoms with Gasteiger partial charge < -0.3 is 15.5 Å². The molecule has 0 aromatic heterocycles. The van der Waals surface area contributed by atoms with Crippen LogP contribution in [-0.4, -0.2) is 24.4 Å². The summed E-state index contributed by atoms with van der Waals surface area (Å²) < 4.78 is 58.3. The van der Waals surface area contributed by atoms with Crippen LogP contribution < -0.4 is 10.1 Å². The Labute approximate surface area is 143 Å². The number of carbonyl (C=O) groups excluding carboxylic acids is 1. The van der Waals surface area contributed by atoms with Gasteiger partial charge in [-0.3, -0.25) is 4.79 Å². The third-order valence-corrected chi connectivity index (χ3v) is 3.28. The molecule has 0 saturated carbocycles. The van der Waals surface area contributed by atoms with E-state index in [1.54, 1.807) is 20.8 Å². The van der Waals surface area contributed by atoms with Crippen molar-refractivity contribution in [1.29, 1.82) is 5.41 Å². The molecule has 1 amide bonds. The molecule has 8 heteroatoms. The molecule has 0 fully saturated rings. The quantitative estimate of drug-likeness (QED) is 0.436. The Kier molecular flexibility index (Phi) is 6.72. The van der Waals surface area contributed by atoms with Crippen molar-refractivity contribution < 1.29 is 27.1 Å². The summed E-state index contributed by atoms with van der Waals surface area (Å²) in [5, 5.41) is 9.06. The Morgan fingerprint density at radius 3 is 2.40 bits per heavy atom. The minimum absolute atomic E-state index is 0.0806. The van der Waals surface area contributed by atoms with Gasteiger partial charge in [-0.25, -0.2) is 4.39 Å². The van der Waals surface area contributed by atoms with Gasteiger partial charge in [0, 0.05) is 17.9 Å². The molecule has 2 N–H and O–H groups in total. The van der Waals surface area contributed by atoms with Crippen molar-refractivity contribution in [2.75, 3.05) is 5.32 Å². The number of alkyl halides is 3. The fourth-order valence-electron chi connectivity index (χ4n) is 2.14. The van der Waals surface area contributed by atoms with E-state index in [4.69, 9.17) is 10.1 Å². The van der Waals surface area contributed by atoms with Crippen LogP contribution in [0, 0.1) is 18.2 Å². The lowest BCUT2D eigenvalue weighted by Gasteiger charge is -2.17. The summed E-state index contributed by atoms with van der Waals surface area (Å²) >= 11 is 0. The van der Waals surface area contributed by atoms with E-state index >= 15 is 0 Å². The van der Waals surface area contributed by atoms with E-state index in [-0.39, 0.29) is 24.4 Å². The minimum Gasteiger partial charge on any atom is -0.491 e. The number of aryl methyl sites for hydroxylation is 1. The first-order valence-corrected chi connectivity index (χ1v) is 7.60. The molecule has 0 aliphatic heterocycles. The zero-order chi connectivity index (χ0) is 19.4. The van der Waals surface area contributed by atoms with Crippen molar-refractivity contribution in [3.05, 3.63) is 34.7 Å². The molecule has 1 aromatic rings. The zero-order valence-electron chi connectivity index (χ0n) is 14.3. The van der Waals surface area contributed by atoms with Crippen molar-refractivity contribution >= 4 is 17.8 Å². The van der Waals surface area contributed by atoms with E-state index in [9.17, 15) is 22.4 Å². The maximum atomic E-state index is 14.1. The van der Waals surface area contributed by atoms with Gasteiger partial charge in [-0.2, -0.15) is 13.2 Å². The fraction of sp³-hybridized carbons (Fsp3) is 0.412. The minimum atomic E-state index is -4.85. The number of rotatable bonds is 6. The second-order valence-corrected chi connectivity index (χ2v) is 5.61. The van der Waals surface area contributed by atoms with E-state index in [1.165, 1.54) is 13.0 Å². The van der Waals surface area contributed by atoms with Crippen molar-refractivity contribution in [1.82, 2.24) is 0 Å². The molecule has 0 atom stereocenters. The lowest BCUT2D eigenvalue weighted by atomic mass is 10.0. The smallest absolute Gasteiger partial charge is 0.418 e. The number of hydrogen-bond acceptors (Lipinski definition) is 3. The average molecular weight is 360 g/mol. The average Bonchev–Trinajstić information content (AvgIpc) is 2.47. The third-order valence-electron chi connectivity index (χ3n) is 3.28. The Bertz CT molecular complexity index is 695.